The third kappa shape index (κ3) is 2.98. The van der Waals surface area contributed by atoms with E-state index in [0.29, 0.717) is 22.6 Å². The quantitative estimate of drug-likeness (QED) is 0.316. The lowest BCUT2D eigenvalue weighted by molar-refractivity contribution is 0.205. The molecule has 0 bridgehead atoms. The number of halogens is 2. The Morgan fingerprint density at radius 1 is 1.10 bits per heavy atom. The molecule has 0 radical (unpaired) electrons. The molecule has 2 aromatic heterocycles. The van der Waals surface area contributed by atoms with Crippen molar-refractivity contribution in [3.63, 3.8) is 0 Å². The molecule has 0 saturated carbocycles. The topological polar surface area (TPSA) is 39.9 Å². The van der Waals surface area contributed by atoms with Gasteiger partial charge in [0.1, 0.15) is 5.03 Å². The molecule has 2 aliphatic rings. The Kier molecular flexibility index (Phi) is 4.50. The average Bonchev–Trinajstić information content (AvgIpc) is 3.11. The number of pyridine rings is 1. The number of thioether (sulfide) groups is 1. The van der Waals surface area contributed by atoms with Crippen LogP contribution < -0.4 is 4.74 Å². The van der Waals surface area contributed by atoms with Crippen LogP contribution in [0.4, 0.5) is 0 Å². The summed E-state index contributed by atoms with van der Waals surface area (Å²) in [6, 6.07) is 14.2. The number of hydrogen-bond donors (Lipinski definition) is 0. The van der Waals surface area contributed by atoms with Crippen LogP contribution in [0.3, 0.4) is 0 Å². The van der Waals surface area contributed by atoms with Crippen molar-refractivity contribution in [1.29, 1.82) is 0 Å². The molecule has 2 aliphatic heterocycles. The summed E-state index contributed by atoms with van der Waals surface area (Å²) < 4.78 is 8.13. The molecule has 2 atom stereocenters. The number of rotatable bonds is 1. The first kappa shape index (κ1) is 19.5. The summed E-state index contributed by atoms with van der Waals surface area (Å²) in [5.74, 6) is 2.38. The van der Waals surface area contributed by atoms with E-state index in [1.807, 2.05) is 28.6 Å². The molecule has 0 fully saturated rings. The number of hydrogen-bond acceptors (Lipinski definition) is 4. The molecule has 0 saturated heterocycles. The highest BCUT2D eigenvalue weighted by Gasteiger charge is 2.41. The number of fused-ring (bicyclic) bond motifs is 6. The molecule has 0 N–H and O–H groups in total. The van der Waals surface area contributed by atoms with E-state index in [-0.39, 0.29) is 5.92 Å². The van der Waals surface area contributed by atoms with E-state index in [2.05, 4.69) is 38.1 Å². The second-order valence-corrected chi connectivity index (χ2v) is 10.0. The van der Waals surface area contributed by atoms with Crippen LogP contribution in [-0.2, 0) is 0 Å². The Labute approximate surface area is 194 Å². The van der Waals surface area contributed by atoms with Gasteiger partial charge in [0.15, 0.2) is 0 Å². The van der Waals surface area contributed by atoms with Crippen molar-refractivity contribution < 1.29 is 4.74 Å². The molecule has 0 amide bonds. The minimum atomic E-state index is 0.217. The van der Waals surface area contributed by atoms with Crippen molar-refractivity contribution in [1.82, 2.24) is 14.8 Å². The Bertz CT molecular complexity index is 1370. The molecule has 156 valence electrons. The van der Waals surface area contributed by atoms with Crippen molar-refractivity contribution in [2.75, 3.05) is 12.4 Å². The van der Waals surface area contributed by atoms with E-state index in [1.54, 1.807) is 6.07 Å². The van der Waals surface area contributed by atoms with Crippen LogP contribution in [0.15, 0.2) is 47.5 Å². The summed E-state index contributed by atoms with van der Waals surface area (Å²) in [4.78, 5) is 5.06. The van der Waals surface area contributed by atoms with Gasteiger partial charge in [-0.25, -0.2) is 9.67 Å². The van der Waals surface area contributed by atoms with Crippen LogP contribution in [-0.4, -0.2) is 27.1 Å². The lowest BCUT2D eigenvalue weighted by atomic mass is 9.80. The third-order valence-corrected chi connectivity index (χ3v) is 8.17. The molecule has 7 heteroatoms. The first-order valence-electron chi connectivity index (χ1n) is 10.2. The fourth-order valence-electron chi connectivity index (χ4n) is 4.75. The summed E-state index contributed by atoms with van der Waals surface area (Å²) in [7, 11) is 0. The standard InChI is InChI=1S/C24H19Cl2N3OS/c1-12-4-3-5-14-8-17-21-15(11-31-23(17)27-22(12)14)10-30-24-20(21)13(2)28-29(24)16-6-7-18(25)19(26)9-16/h3-9,15,21H,10-11H2,1-2H3/t15-,21-/m0/s1. The van der Waals surface area contributed by atoms with Gasteiger partial charge >= 0.3 is 0 Å². The maximum absolute atomic E-state index is 6.28. The highest BCUT2D eigenvalue weighted by atomic mass is 35.5. The zero-order valence-electron chi connectivity index (χ0n) is 17.0. The van der Waals surface area contributed by atoms with Crippen LogP contribution in [0.1, 0.15) is 28.3 Å². The molecule has 4 heterocycles. The van der Waals surface area contributed by atoms with E-state index in [0.717, 1.165) is 39.1 Å². The van der Waals surface area contributed by atoms with E-state index in [1.165, 1.54) is 16.5 Å². The Hall–Kier alpha value is -2.21. The number of nitrogens with zero attached hydrogens (tertiary/aromatic N) is 3. The molecule has 6 rings (SSSR count). The van der Waals surface area contributed by atoms with Crippen LogP contribution >= 0.6 is 35.0 Å². The molecule has 4 aromatic rings. The minimum absolute atomic E-state index is 0.217. The number of aromatic nitrogens is 3. The lowest BCUT2D eigenvalue weighted by Crippen LogP contribution is -2.32. The van der Waals surface area contributed by atoms with Gasteiger partial charge in [-0.1, -0.05) is 41.4 Å². The lowest BCUT2D eigenvalue weighted by Gasteiger charge is -2.36. The third-order valence-electron chi connectivity index (χ3n) is 6.24. The molecular formula is C24H19Cl2N3OS. The normalized spacial score (nSPS) is 19.5. The highest BCUT2D eigenvalue weighted by Crippen LogP contribution is 2.51. The SMILES string of the molecule is Cc1nn(-c2ccc(Cl)c(Cl)c2)c2c1[C@@H]1c3cc4cccc(C)c4nc3SC[C@@H]1CO2. The molecule has 2 aromatic carbocycles. The Morgan fingerprint density at radius 2 is 1.97 bits per heavy atom. The van der Waals surface area contributed by atoms with Crippen molar-refractivity contribution in [2.24, 2.45) is 5.92 Å². The largest absolute Gasteiger partial charge is 0.477 e. The van der Waals surface area contributed by atoms with Crippen LogP contribution in [0.25, 0.3) is 16.6 Å². The predicted molar refractivity (Wildman–Crippen MR) is 126 cm³/mol. The number of aryl methyl sites for hydroxylation is 2. The predicted octanol–water partition coefficient (Wildman–Crippen LogP) is 6.59. The number of benzene rings is 2. The van der Waals surface area contributed by atoms with Gasteiger partial charge < -0.3 is 4.74 Å². The molecule has 31 heavy (non-hydrogen) atoms. The van der Waals surface area contributed by atoms with Gasteiger partial charge in [-0.15, -0.1) is 11.8 Å². The van der Waals surface area contributed by atoms with Crippen molar-refractivity contribution in [3.05, 3.63) is 74.9 Å². The second kappa shape index (κ2) is 7.16. The number of para-hydroxylation sites is 1. The summed E-state index contributed by atoms with van der Waals surface area (Å²) in [5.41, 5.74) is 6.54. The average molecular weight is 468 g/mol. The molecule has 0 spiro atoms. The fourth-order valence-corrected chi connectivity index (χ4v) is 6.21. The molecule has 4 nitrogen and oxygen atoms in total. The van der Waals surface area contributed by atoms with Gasteiger partial charge in [0.2, 0.25) is 5.88 Å². The van der Waals surface area contributed by atoms with Gasteiger partial charge in [0.05, 0.1) is 33.6 Å². The zero-order chi connectivity index (χ0) is 21.3. The van der Waals surface area contributed by atoms with Crippen LogP contribution in [0, 0.1) is 19.8 Å². The first-order chi connectivity index (χ1) is 15.0. The maximum Gasteiger partial charge on any atom is 0.220 e. The van der Waals surface area contributed by atoms with E-state index in [9.17, 15) is 0 Å². The van der Waals surface area contributed by atoms with Crippen LogP contribution in [0.5, 0.6) is 5.88 Å². The van der Waals surface area contributed by atoms with E-state index < -0.39 is 0 Å². The maximum atomic E-state index is 6.28. The van der Waals surface area contributed by atoms with Crippen molar-refractivity contribution in [2.45, 2.75) is 24.8 Å². The van der Waals surface area contributed by atoms with Gasteiger partial charge in [-0.2, -0.15) is 5.10 Å². The molecule has 0 aliphatic carbocycles. The second-order valence-electron chi connectivity index (χ2n) is 8.20. The van der Waals surface area contributed by atoms with Gasteiger partial charge in [-0.3, -0.25) is 0 Å². The van der Waals surface area contributed by atoms with Crippen LogP contribution in [0.2, 0.25) is 10.0 Å². The fraction of sp³-hybridized carbons (Fsp3) is 0.250. The smallest absolute Gasteiger partial charge is 0.220 e. The summed E-state index contributed by atoms with van der Waals surface area (Å²) in [6.07, 6.45) is 0. The first-order valence-corrected chi connectivity index (χ1v) is 12.0. The Morgan fingerprint density at radius 3 is 2.81 bits per heavy atom. The molecule has 0 unspecified atom stereocenters. The Balaban J connectivity index is 1.55. The summed E-state index contributed by atoms with van der Waals surface area (Å²) in [6.45, 7) is 4.83. The van der Waals surface area contributed by atoms with E-state index in [4.69, 9.17) is 38.0 Å². The highest BCUT2D eigenvalue weighted by molar-refractivity contribution is 7.99. The zero-order valence-corrected chi connectivity index (χ0v) is 19.4. The van der Waals surface area contributed by atoms with Gasteiger partial charge in [0, 0.05) is 28.5 Å². The van der Waals surface area contributed by atoms with Crippen molar-refractivity contribution >= 4 is 45.9 Å². The minimum Gasteiger partial charge on any atom is -0.477 e. The monoisotopic (exact) mass is 467 g/mol. The number of ether oxygens (including phenoxy) is 1. The van der Waals surface area contributed by atoms with E-state index >= 15 is 0 Å². The summed E-state index contributed by atoms with van der Waals surface area (Å²) >= 11 is 14.2. The van der Waals surface area contributed by atoms with Crippen molar-refractivity contribution in [3.8, 4) is 11.6 Å². The van der Waals surface area contributed by atoms with Gasteiger partial charge in [0.25, 0.3) is 0 Å². The van der Waals surface area contributed by atoms with Gasteiger partial charge in [-0.05, 0) is 49.2 Å². The molecular weight excluding hydrogens is 449 g/mol. The summed E-state index contributed by atoms with van der Waals surface area (Å²) in [5, 5.41) is 8.17.